The number of rotatable bonds is 33. The van der Waals surface area contributed by atoms with Gasteiger partial charge in [0.2, 0.25) is 11.8 Å². The Bertz CT molecular complexity index is 909. The molecule has 0 aromatic rings. The van der Waals surface area contributed by atoms with Gasteiger partial charge in [-0.3, -0.25) is 9.59 Å². The van der Waals surface area contributed by atoms with E-state index in [9.17, 15) is 9.59 Å². The number of carbonyl (C=O) groups excluding carboxylic acids is 2. The zero-order valence-electron chi connectivity index (χ0n) is 31.9. The summed E-state index contributed by atoms with van der Waals surface area (Å²) in [5.74, 6) is 0.792. The molecule has 0 saturated carbocycles. The second kappa shape index (κ2) is 37.2. The standard InChI is InChI=1S/C44H76N2O2/c1-5-7-9-11-13-15-17-19-21-23-25-27-29-31-33-38-43(47)45-40-36-35-37-42(41(3)4)46-44(48)39-34-32-30-28-26-24-22-20-18-16-14-12-10-8-6-2/h7-10,13-16,19-22,41-42H,5-6,11-12,17-18,23-40H2,1-4H3,(H,45,47)(H,46,48)/b9-7-,10-8-,15-13-,16-14-,21-19-,22-20-/t42-/m0/s1. The lowest BCUT2D eigenvalue weighted by Crippen LogP contribution is -2.38. The molecule has 0 aromatic heterocycles. The maximum atomic E-state index is 12.6. The van der Waals surface area contributed by atoms with Gasteiger partial charge in [-0.15, -0.1) is 0 Å². The Balaban J connectivity index is 3.71. The summed E-state index contributed by atoms with van der Waals surface area (Å²) in [6.45, 7) is 9.43. The van der Waals surface area contributed by atoms with E-state index < -0.39 is 0 Å². The van der Waals surface area contributed by atoms with Crippen LogP contribution < -0.4 is 10.6 Å². The van der Waals surface area contributed by atoms with Crippen molar-refractivity contribution >= 4 is 11.8 Å². The van der Waals surface area contributed by atoms with Crippen LogP contribution in [0.25, 0.3) is 0 Å². The van der Waals surface area contributed by atoms with Gasteiger partial charge in [-0.05, 0) is 102 Å². The Labute approximate surface area is 298 Å². The molecule has 0 aliphatic carbocycles. The van der Waals surface area contributed by atoms with E-state index in [4.69, 9.17) is 0 Å². The smallest absolute Gasteiger partial charge is 0.220 e. The van der Waals surface area contributed by atoms with Crippen molar-refractivity contribution in [2.24, 2.45) is 5.92 Å². The van der Waals surface area contributed by atoms with E-state index in [2.05, 4.69) is 111 Å². The molecular formula is C44H76N2O2. The number of carbonyl (C=O) groups is 2. The van der Waals surface area contributed by atoms with Crippen LogP contribution >= 0.6 is 0 Å². The van der Waals surface area contributed by atoms with Crippen molar-refractivity contribution in [1.82, 2.24) is 10.6 Å². The Morgan fingerprint density at radius 3 is 1.38 bits per heavy atom. The fourth-order valence-electron chi connectivity index (χ4n) is 5.47. The lowest BCUT2D eigenvalue weighted by atomic mass is 9.98. The van der Waals surface area contributed by atoms with Gasteiger partial charge in [0.1, 0.15) is 0 Å². The van der Waals surface area contributed by atoms with Crippen LogP contribution in [0.1, 0.15) is 175 Å². The van der Waals surface area contributed by atoms with E-state index in [0.29, 0.717) is 18.8 Å². The van der Waals surface area contributed by atoms with Crippen molar-refractivity contribution in [3.05, 3.63) is 72.9 Å². The molecule has 0 radical (unpaired) electrons. The van der Waals surface area contributed by atoms with Crippen LogP contribution in [0.5, 0.6) is 0 Å². The molecule has 0 heterocycles. The summed E-state index contributed by atoms with van der Waals surface area (Å²) in [6.07, 6.45) is 51.4. The molecule has 2 amide bonds. The zero-order valence-corrected chi connectivity index (χ0v) is 31.9. The lowest BCUT2D eigenvalue weighted by Gasteiger charge is -2.22. The summed E-state index contributed by atoms with van der Waals surface area (Å²) in [4.78, 5) is 24.8. The van der Waals surface area contributed by atoms with Crippen LogP contribution in [-0.4, -0.2) is 24.4 Å². The molecule has 0 bridgehead atoms. The van der Waals surface area contributed by atoms with Crippen LogP contribution in [-0.2, 0) is 9.59 Å². The summed E-state index contributed by atoms with van der Waals surface area (Å²) >= 11 is 0. The monoisotopic (exact) mass is 665 g/mol. The van der Waals surface area contributed by atoms with Gasteiger partial charge < -0.3 is 10.6 Å². The third kappa shape index (κ3) is 34.7. The SMILES string of the molecule is CC/C=C\C/C=C\C/C=C\CCCCCCCC(=O)NCCCC[C@H](NC(=O)CCCCCCC/C=C\C/C=C\C/C=C\CC)C(C)C. The highest BCUT2D eigenvalue weighted by atomic mass is 16.2. The molecule has 4 heteroatoms. The number of unbranched alkanes of at least 4 members (excludes halogenated alkanes) is 11. The maximum Gasteiger partial charge on any atom is 0.220 e. The Morgan fingerprint density at radius 2 is 0.896 bits per heavy atom. The first-order chi connectivity index (χ1) is 23.5. The van der Waals surface area contributed by atoms with Gasteiger partial charge in [-0.2, -0.15) is 0 Å². The molecule has 0 aliphatic heterocycles. The summed E-state index contributed by atoms with van der Waals surface area (Å²) in [5.41, 5.74) is 0. The molecule has 48 heavy (non-hydrogen) atoms. The number of hydrogen-bond donors (Lipinski definition) is 2. The second-order valence-electron chi connectivity index (χ2n) is 13.5. The third-order valence-electron chi connectivity index (χ3n) is 8.52. The van der Waals surface area contributed by atoms with Gasteiger partial charge >= 0.3 is 0 Å². The van der Waals surface area contributed by atoms with Gasteiger partial charge in [0.25, 0.3) is 0 Å². The number of allylic oxidation sites excluding steroid dienone is 12. The average Bonchev–Trinajstić information content (AvgIpc) is 3.07. The molecule has 0 rings (SSSR count). The van der Waals surface area contributed by atoms with Crippen molar-refractivity contribution in [1.29, 1.82) is 0 Å². The first-order valence-corrected chi connectivity index (χ1v) is 20.0. The highest BCUT2D eigenvalue weighted by Crippen LogP contribution is 2.13. The highest BCUT2D eigenvalue weighted by molar-refractivity contribution is 5.76. The lowest BCUT2D eigenvalue weighted by molar-refractivity contribution is -0.122. The molecule has 0 saturated heterocycles. The van der Waals surface area contributed by atoms with Gasteiger partial charge in [-0.25, -0.2) is 0 Å². The molecule has 0 aromatic carbocycles. The Hall–Kier alpha value is -2.62. The zero-order chi connectivity index (χ0) is 35.2. The van der Waals surface area contributed by atoms with E-state index in [0.717, 1.165) is 103 Å². The first-order valence-electron chi connectivity index (χ1n) is 20.0. The van der Waals surface area contributed by atoms with E-state index >= 15 is 0 Å². The minimum absolute atomic E-state index is 0.181. The topological polar surface area (TPSA) is 58.2 Å². The van der Waals surface area contributed by atoms with Gasteiger partial charge in [0.05, 0.1) is 0 Å². The van der Waals surface area contributed by atoms with Crippen LogP contribution in [0.15, 0.2) is 72.9 Å². The molecule has 0 spiro atoms. The molecule has 1 atom stereocenters. The quantitative estimate of drug-likeness (QED) is 0.0542. The molecule has 0 fully saturated rings. The number of nitrogens with one attached hydrogen (secondary N) is 2. The van der Waals surface area contributed by atoms with Crippen LogP contribution in [0.4, 0.5) is 0 Å². The Morgan fingerprint density at radius 1 is 0.479 bits per heavy atom. The fourth-order valence-corrected chi connectivity index (χ4v) is 5.47. The fraction of sp³-hybridized carbons (Fsp3) is 0.682. The first kappa shape index (κ1) is 45.4. The molecular weight excluding hydrogens is 588 g/mol. The van der Waals surface area contributed by atoms with E-state index in [1.165, 1.54) is 38.5 Å². The average molecular weight is 665 g/mol. The Kier molecular flexibility index (Phi) is 35.2. The summed E-state index contributed by atoms with van der Waals surface area (Å²) in [6, 6.07) is 0.216. The summed E-state index contributed by atoms with van der Waals surface area (Å²) in [5, 5.41) is 6.38. The van der Waals surface area contributed by atoms with Gasteiger partial charge in [0.15, 0.2) is 0 Å². The van der Waals surface area contributed by atoms with Crippen molar-refractivity contribution in [3.63, 3.8) is 0 Å². The highest BCUT2D eigenvalue weighted by Gasteiger charge is 2.15. The van der Waals surface area contributed by atoms with Crippen LogP contribution in [0.2, 0.25) is 0 Å². The van der Waals surface area contributed by atoms with E-state index in [-0.39, 0.29) is 17.9 Å². The van der Waals surface area contributed by atoms with E-state index in [1.807, 2.05) is 0 Å². The molecule has 0 unspecified atom stereocenters. The predicted molar refractivity (Wildman–Crippen MR) is 212 cm³/mol. The van der Waals surface area contributed by atoms with Crippen LogP contribution in [0, 0.1) is 5.92 Å². The molecule has 2 N–H and O–H groups in total. The minimum atomic E-state index is 0.181. The second-order valence-corrected chi connectivity index (χ2v) is 13.5. The van der Waals surface area contributed by atoms with Crippen molar-refractivity contribution in [2.75, 3.05) is 6.54 Å². The van der Waals surface area contributed by atoms with E-state index in [1.54, 1.807) is 0 Å². The van der Waals surface area contributed by atoms with Crippen molar-refractivity contribution in [2.45, 2.75) is 181 Å². The van der Waals surface area contributed by atoms with Crippen molar-refractivity contribution < 1.29 is 9.59 Å². The predicted octanol–water partition coefficient (Wildman–Crippen LogP) is 12.6. The molecule has 4 nitrogen and oxygen atoms in total. The summed E-state index contributed by atoms with van der Waals surface area (Å²) < 4.78 is 0. The van der Waals surface area contributed by atoms with Gasteiger partial charge in [0, 0.05) is 25.4 Å². The van der Waals surface area contributed by atoms with Gasteiger partial charge in [-0.1, -0.05) is 139 Å². The number of amides is 2. The maximum absolute atomic E-state index is 12.6. The summed E-state index contributed by atoms with van der Waals surface area (Å²) in [7, 11) is 0. The molecule has 274 valence electrons. The van der Waals surface area contributed by atoms with Crippen molar-refractivity contribution in [3.8, 4) is 0 Å². The minimum Gasteiger partial charge on any atom is -0.356 e. The number of hydrogen-bond acceptors (Lipinski definition) is 2. The largest absolute Gasteiger partial charge is 0.356 e. The molecule has 0 aliphatic rings. The van der Waals surface area contributed by atoms with Crippen LogP contribution in [0.3, 0.4) is 0 Å². The third-order valence-corrected chi connectivity index (χ3v) is 8.52. The normalized spacial score (nSPS) is 13.1.